The molecule has 0 radical (unpaired) electrons. The van der Waals surface area contributed by atoms with E-state index in [0.29, 0.717) is 37.8 Å². The zero-order valence-electron chi connectivity index (χ0n) is 14.8. The molecule has 9 nitrogen and oxygen atoms in total. The molecule has 2 saturated heterocycles. The number of hydrogen-bond donors (Lipinski definition) is 0. The van der Waals surface area contributed by atoms with Crippen molar-refractivity contribution in [1.29, 1.82) is 0 Å². The highest BCUT2D eigenvalue weighted by Gasteiger charge is 2.25. The summed E-state index contributed by atoms with van der Waals surface area (Å²) in [7, 11) is 0. The van der Waals surface area contributed by atoms with Gasteiger partial charge >= 0.3 is 0 Å². The maximum absolute atomic E-state index is 12.5. The summed E-state index contributed by atoms with van der Waals surface area (Å²) in [5.74, 6) is 1.44. The summed E-state index contributed by atoms with van der Waals surface area (Å²) in [6, 6.07) is 3.74. The number of ether oxygens (including phenoxy) is 1. The van der Waals surface area contributed by atoms with E-state index >= 15 is 0 Å². The molecule has 2 aliphatic heterocycles. The van der Waals surface area contributed by atoms with Crippen LogP contribution in [-0.4, -0.2) is 78.6 Å². The molecule has 0 bridgehead atoms. The third-order valence-electron chi connectivity index (χ3n) is 4.74. The van der Waals surface area contributed by atoms with Crippen LogP contribution >= 0.6 is 0 Å². The number of anilines is 2. The molecule has 2 fully saturated rings. The summed E-state index contributed by atoms with van der Waals surface area (Å²) < 4.78 is 10.4. The van der Waals surface area contributed by atoms with Crippen molar-refractivity contribution in [3.63, 3.8) is 0 Å². The Bertz CT molecular complexity index is 765. The topological polar surface area (TPSA) is 87.8 Å². The standard InChI is InChI=1S/C17H22N6O3/c1-13-10-15(20-26-13)17(24)23-4-2-21(3-5-23)14-11-16(19-18-12-14)22-6-8-25-9-7-22/h10-12H,2-9H2,1H3. The number of carbonyl (C=O) groups excluding carboxylic acids is 1. The first-order valence-corrected chi connectivity index (χ1v) is 8.84. The second-order valence-corrected chi connectivity index (χ2v) is 6.47. The van der Waals surface area contributed by atoms with E-state index in [4.69, 9.17) is 9.26 Å². The minimum Gasteiger partial charge on any atom is -0.378 e. The minimum atomic E-state index is -0.0802. The Labute approximate surface area is 151 Å². The van der Waals surface area contributed by atoms with E-state index in [-0.39, 0.29) is 5.91 Å². The maximum Gasteiger partial charge on any atom is 0.276 e. The minimum absolute atomic E-state index is 0.0802. The number of rotatable bonds is 3. The summed E-state index contributed by atoms with van der Waals surface area (Å²) in [6.07, 6.45) is 1.78. The van der Waals surface area contributed by atoms with Crippen LogP contribution in [0.15, 0.2) is 22.9 Å². The van der Waals surface area contributed by atoms with Crippen molar-refractivity contribution < 1.29 is 14.1 Å². The van der Waals surface area contributed by atoms with Crippen molar-refractivity contribution in [3.8, 4) is 0 Å². The Morgan fingerprint density at radius 3 is 2.50 bits per heavy atom. The number of aryl methyl sites for hydroxylation is 1. The van der Waals surface area contributed by atoms with Crippen LogP contribution in [0.5, 0.6) is 0 Å². The van der Waals surface area contributed by atoms with E-state index in [2.05, 4.69) is 31.2 Å². The van der Waals surface area contributed by atoms with Crippen LogP contribution in [-0.2, 0) is 4.74 Å². The number of nitrogens with zero attached hydrogens (tertiary/aromatic N) is 6. The molecule has 4 heterocycles. The zero-order valence-corrected chi connectivity index (χ0v) is 14.8. The Kier molecular flexibility index (Phi) is 4.70. The van der Waals surface area contributed by atoms with Crippen molar-refractivity contribution in [2.75, 3.05) is 62.3 Å². The first-order chi connectivity index (χ1) is 12.7. The number of aromatic nitrogens is 3. The van der Waals surface area contributed by atoms with Crippen molar-refractivity contribution in [2.45, 2.75) is 6.92 Å². The number of hydrogen-bond acceptors (Lipinski definition) is 8. The Morgan fingerprint density at radius 1 is 1.04 bits per heavy atom. The lowest BCUT2D eigenvalue weighted by atomic mass is 10.2. The average Bonchev–Trinajstić information content (AvgIpc) is 3.15. The highest BCUT2D eigenvalue weighted by atomic mass is 16.5. The van der Waals surface area contributed by atoms with Gasteiger partial charge in [-0.05, 0) is 6.92 Å². The molecule has 2 aromatic rings. The Morgan fingerprint density at radius 2 is 1.81 bits per heavy atom. The lowest BCUT2D eigenvalue weighted by Crippen LogP contribution is -2.49. The molecule has 0 aromatic carbocycles. The fraction of sp³-hybridized carbons (Fsp3) is 0.529. The molecule has 1 amide bonds. The highest BCUT2D eigenvalue weighted by Crippen LogP contribution is 2.21. The number of amides is 1. The highest BCUT2D eigenvalue weighted by molar-refractivity contribution is 5.92. The molecule has 26 heavy (non-hydrogen) atoms. The fourth-order valence-electron chi connectivity index (χ4n) is 3.26. The SMILES string of the molecule is Cc1cc(C(=O)N2CCN(c3cnnc(N4CCOCC4)c3)CC2)no1. The van der Waals surface area contributed by atoms with E-state index < -0.39 is 0 Å². The molecule has 2 aromatic heterocycles. The zero-order chi connectivity index (χ0) is 17.9. The molecule has 0 atom stereocenters. The van der Waals surface area contributed by atoms with Crippen LogP contribution in [0.4, 0.5) is 11.5 Å². The number of morpholine rings is 1. The summed E-state index contributed by atoms with van der Waals surface area (Å²) in [5.41, 5.74) is 1.40. The van der Waals surface area contributed by atoms with Gasteiger partial charge in [0.25, 0.3) is 5.91 Å². The van der Waals surface area contributed by atoms with Crippen molar-refractivity contribution in [3.05, 3.63) is 29.8 Å². The summed E-state index contributed by atoms with van der Waals surface area (Å²) in [5, 5.41) is 12.2. The van der Waals surface area contributed by atoms with Gasteiger partial charge < -0.3 is 24.0 Å². The maximum atomic E-state index is 12.5. The molecule has 9 heteroatoms. The normalized spacial score (nSPS) is 18.3. The lowest BCUT2D eigenvalue weighted by molar-refractivity contribution is 0.0736. The van der Waals surface area contributed by atoms with E-state index in [1.807, 2.05) is 4.90 Å². The average molecular weight is 358 g/mol. The quantitative estimate of drug-likeness (QED) is 0.787. The monoisotopic (exact) mass is 358 g/mol. The fourth-order valence-corrected chi connectivity index (χ4v) is 3.26. The van der Waals surface area contributed by atoms with Crippen LogP contribution in [0.25, 0.3) is 0 Å². The van der Waals surface area contributed by atoms with Crippen LogP contribution in [0, 0.1) is 6.92 Å². The van der Waals surface area contributed by atoms with Crippen molar-refractivity contribution in [2.24, 2.45) is 0 Å². The molecule has 2 aliphatic rings. The van der Waals surface area contributed by atoms with E-state index in [1.54, 1.807) is 19.2 Å². The summed E-state index contributed by atoms with van der Waals surface area (Å²) >= 11 is 0. The Hall–Kier alpha value is -2.68. The predicted octanol–water partition coefficient (Wildman–Crippen LogP) is 0.572. The van der Waals surface area contributed by atoms with E-state index in [1.165, 1.54) is 0 Å². The largest absolute Gasteiger partial charge is 0.378 e. The van der Waals surface area contributed by atoms with Crippen molar-refractivity contribution >= 4 is 17.4 Å². The number of piperazine rings is 1. The van der Waals surface area contributed by atoms with Gasteiger partial charge in [0.2, 0.25) is 0 Å². The van der Waals surface area contributed by atoms with Crippen LogP contribution < -0.4 is 9.80 Å². The molecular formula is C17H22N6O3. The van der Waals surface area contributed by atoms with Crippen molar-refractivity contribution in [1.82, 2.24) is 20.3 Å². The molecule has 0 unspecified atom stereocenters. The lowest BCUT2D eigenvalue weighted by Gasteiger charge is -2.36. The van der Waals surface area contributed by atoms with Gasteiger partial charge in [-0.15, -0.1) is 5.10 Å². The van der Waals surface area contributed by atoms with Gasteiger partial charge in [-0.25, -0.2) is 0 Å². The Balaban J connectivity index is 1.39. The molecule has 4 rings (SSSR count). The van der Waals surface area contributed by atoms with E-state index in [9.17, 15) is 4.79 Å². The second kappa shape index (κ2) is 7.28. The van der Waals surface area contributed by atoms with Gasteiger partial charge in [-0.2, -0.15) is 5.10 Å². The first kappa shape index (κ1) is 16.8. The summed E-state index contributed by atoms with van der Waals surface area (Å²) in [6.45, 7) is 7.65. The molecule has 0 spiro atoms. The van der Waals surface area contributed by atoms with Gasteiger partial charge in [0.05, 0.1) is 25.1 Å². The molecule has 0 aliphatic carbocycles. The number of carbonyl (C=O) groups is 1. The van der Waals surface area contributed by atoms with Gasteiger partial charge in [0.15, 0.2) is 11.5 Å². The molecule has 0 saturated carbocycles. The molecule has 0 N–H and O–H groups in total. The summed E-state index contributed by atoms with van der Waals surface area (Å²) in [4.78, 5) is 18.7. The van der Waals surface area contributed by atoms with Gasteiger partial charge in [-0.1, -0.05) is 5.16 Å². The molecule has 138 valence electrons. The first-order valence-electron chi connectivity index (χ1n) is 8.84. The van der Waals surface area contributed by atoms with Gasteiger partial charge in [0, 0.05) is 51.4 Å². The molecular weight excluding hydrogens is 336 g/mol. The van der Waals surface area contributed by atoms with Gasteiger partial charge in [0.1, 0.15) is 5.76 Å². The predicted molar refractivity (Wildman–Crippen MR) is 94.4 cm³/mol. The van der Waals surface area contributed by atoms with Crippen LogP contribution in [0.3, 0.4) is 0 Å². The van der Waals surface area contributed by atoms with Crippen LogP contribution in [0.1, 0.15) is 16.2 Å². The van der Waals surface area contributed by atoms with Gasteiger partial charge in [-0.3, -0.25) is 4.79 Å². The van der Waals surface area contributed by atoms with E-state index in [0.717, 1.165) is 37.7 Å². The smallest absolute Gasteiger partial charge is 0.276 e. The van der Waals surface area contributed by atoms with Crippen LogP contribution in [0.2, 0.25) is 0 Å². The second-order valence-electron chi connectivity index (χ2n) is 6.47. The third-order valence-corrected chi connectivity index (χ3v) is 4.74. The third kappa shape index (κ3) is 3.48.